The van der Waals surface area contributed by atoms with Gasteiger partial charge in [-0.2, -0.15) is 0 Å². The number of allylic oxidation sites excluding steroid dienone is 6. The average molecular weight is 395 g/mol. The quantitative estimate of drug-likeness (QED) is 0.175. The fourth-order valence-electron chi connectivity index (χ4n) is 2.71. The van der Waals surface area contributed by atoms with Crippen LogP contribution < -0.4 is 0 Å². The summed E-state index contributed by atoms with van der Waals surface area (Å²) in [4.78, 5) is 22.9. The van der Waals surface area contributed by atoms with Crippen molar-refractivity contribution in [2.75, 3.05) is 27.7 Å². The molecular formula is C23H40NO4+. The van der Waals surface area contributed by atoms with Crippen LogP contribution in [0.15, 0.2) is 36.5 Å². The number of quaternary nitrogens is 1. The lowest BCUT2D eigenvalue weighted by atomic mass is 10.1. The maximum atomic E-state index is 11.9. The van der Waals surface area contributed by atoms with Gasteiger partial charge < -0.3 is 14.3 Å². The average Bonchev–Trinajstić information content (AvgIpc) is 2.56. The van der Waals surface area contributed by atoms with Crippen LogP contribution in [0.4, 0.5) is 0 Å². The number of carboxylic acids is 1. The number of unbranched alkanes of at least 4 members (excludes halogenated alkanes) is 3. The molecule has 0 aromatic rings. The highest BCUT2D eigenvalue weighted by Crippen LogP contribution is 2.08. The van der Waals surface area contributed by atoms with Crippen LogP contribution in [0.3, 0.4) is 0 Å². The molecular weight excluding hydrogens is 354 g/mol. The van der Waals surface area contributed by atoms with Crippen molar-refractivity contribution in [3.63, 3.8) is 0 Å². The van der Waals surface area contributed by atoms with E-state index in [1.54, 1.807) is 0 Å². The van der Waals surface area contributed by atoms with Crippen molar-refractivity contribution in [2.45, 2.75) is 70.8 Å². The van der Waals surface area contributed by atoms with Gasteiger partial charge in [0.25, 0.3) is 0 Å². The first kappa shape index (κ1) is 26.1. The summed E-state index contributed by atoms with van der Waals surface area (Å²) in [5, 5.41) is 8.97. The zero-order valence-corrected chi connectivity index (χ0v) is 18.2. The molecule has 0 radical (unpaired) electrons. The summed E-state index contributed by atoms with van der Waals surface area (Å²) in [5.74, 6) is -1.28. The predicted molar refractivity (Wildman–Crippen MR) is 115 cm³/mol. The zero-order valence-electron chi connectivity index (χ0n) is 18.2. The SMILES string of the molecule is CC/C=C/CCCC/C=C/C/C=C/CCC(=O)OC(CC(=O)O)C[N+](C)(C)C. The van der Waals surface area contributed by atoms with Crippen molar-refractivity contribution in [3.05, 3.63) is 36.5 Å². The maximum Gasteiger partial charge on any atom is 0.307 e. The maximum absolute atomic E-state index is 11.9. The molecule has 0 aliphatic heterocycles. The molecule has 0 heterocycles. The fraction of sp³-hybridized carbons (Fsp3) is 0.652. The van der Waals surface area contributed by atoms with Crippen molar-refractivity contribution >= 4 is 11.9 Å². The molecule has 0 saturated carbocycles. The Labute approximate surface area is 171 Å². The van der Waals surface area contributed by atoms with Crippen LogP contribution >= 0.6 is 0 Å². The molecule has 5 nitrogen and oxygen atoms in total. The Morgan fingerprint density at radius 2 is 1.50 bits per heavy atom. The first-order valence-electron chi connectivity index (χ1n) is 10.4. The van der Waals surface area contributed by atoms with Gasteiger partial charge in [0.2, 0.25) is 0 Å². The molecule has 0 aromatic carbocycles. The number of likely N-dealkylation sites (N-methyl/N-ethyl adjacent to an activating group) is 1. The number of hydrogen-bond acceptors (Lipinski definition) is 3. The number of hydrogen-bond donors (Lipinski definition) is 1. The molecule has 0 aromatic heterocycles. The van der Waals surface area contributed by atoms with Gasteiger partial charge in [0.1, 0.15) is 6.54 Å². The van der Waals surface area contributed by atoms with E-state index in [0.717, 1.165) is 19.3 Å². The van der Waals surface area contributed by atoms with Gasteiger partial charge in [0.05, 0.1) is 27.6 Å². The van der Waals surface area contributed by atoms with Crippen molar-refractivity contribution < 1.29 is 23.9 Å². The highest BCUT2D eigenvalue weighted by atomic mass is 16.5. The van der Waals surface area contributed by atoms with E-state index in [9.17, 15) is 9.59 Å². The Balaban J connectivity index is 3.92. The number of carboxylic acid groups (broad SMARTS) is 1. The number of carbonyl (C=O) groups excluding carboxylic acids is 1. The smallest absolute Gasteiger partial charge is 0.307 e. The van der Waals surface area contributed by atoms with Crippen molar-refractivity contribution in [3.8, 4) is 0 Å². The molecule has 0 amide bonds. The summed E-state index contributed by atoms with van der Waals surface area (Å²) in [5.41, 5.74) is 0. The van der Waals surface area contributed by atoms with E-state index >= 15 is 0 Å². The van der Waals surface area contributed by atoms with Gasteiger partial charge in [-0.3, -0.25) is 9.59 Å². The summed E-state index contributed by atoms with van der Waals surface area (Å²) in [6.07, 6.45) is 19.7. The lowest BCUT2D eigenvalue weighted by molar-refractivity contribution is -0.873. The number of carbonyl (C=O) groups is 2. The van der Waals surface area contributed by atoms with Crippen LogP contribution in [-0.2, 0) is 14.3 Å². The minimum atomic E-state index is -0.949. The number of ether oxygens (including phenoxy) is 1. The second-order valence-electron chi connectivity index (χ2n) is 8.06. The van der Waals surface area contributed by atoms with Crippen LogP contribution in [0.5, 0.6) is 0 Å². The third-order valence-corrected chi connectivity index (χ3v) is 3.97. The van der Waals surface area contributed by atoms with Gasteiger partial charge in [-0.1, -0.05) is 43.4 Å². The van der Waals surface area contributed by atoms with E-state index in [4.69, 9.17) is 9.84 Å². The lowest BCUT2D eigenvalue weighted by Crippen LogP contribution is -2.43. The van der Waals surface area contributed by atoms with E-state index in [2.05, 4.69) is 37.3 Å². The predicted octanol–water partition coefficient (Wildman–Crippen LogP) is 4.89. The molecule has 5 heteroatoms. The van der Waals surface area contributed by atoms with Crippen molar-refractivity contribution in [1.82, 2.24) is 0 Å². The molecule has 0 aliphatic carbocycles. The topological polar surface area (TPSA) is 63.6 Å². The molecule has 1 unspecified atom stereocenters. The van der Waals surface area contributed by atoms with Gasteiger partial charge in [-0.25, -0.2) is 0 Å². The molecule has 160 valence electrons. The van der Waals surface area contributed by atoms with Crippen LogP contribution in [0.1, 0.15) is 64.7 Å². The number of aliphatic carboxylic acids is 1. The Hall–Kier alpha value is -1.88. The number of esters is 1. The van der Waals surface area contributed by atoms with Gasteiger partial charge in [0.15, 0.2) is 6.10 Å². The Kier molecular flexibility index (Phi) is 15.0. The second-order valence-corrected chi connectivity index (χ2v) is 8.06. The van der Waals surface area contributed by atoms with Crippen LogP contribution in [0, 0.1) is 0 Å². The molecule has 0 saturated heterocycles. The van der Waals surface area contributed by atoms with Crippen LogP contribution in [0.25, 0.3) is 0 Å². The van der Waals surface area contributed by atoms with Crippen molar-refractivity contribution in [1.29, 1.82) is 0 Å². The minimum Gasteiger partial charge on any atom is -0.481 e. The lowest BCUT2D eigenvalue weighted by Gasteiger charge is -2.28. The summed E-state index contributed by atoms with van der Waals surface area (Å²) >= 11 is 0. The third-order valence-electron chi connectivity index (χ3n) is 3.97. The van der Waals surface area contributed by atoms with E-state index in [0.29, 0.717) is 17.4 Å². The summed E-state index contributed by atoms with van der Waals surface area (Å²) in [6.45, 7) is 2.63. The highest BCUT2D eigenvalue weighted by Gasteiger charge is 2.24. The molecule has 0 fully saturated rings. The molecule has 1 N–H and O–H groups in total. The highest BCUT2D eigenvalue weighted by molar-refractivity contribution is 5.71. The molecule has 1 atom stereocenters. The van der Waals surface area contributed by atoms with Gasteiger partial charge in [0, 0.05) is 6.42 Å². The van der Waals surface area contributed by atoms with Gasteiger partial charge in [-0.15, -0.1) is 0 Å². The van der Waals surface area contributed by atoms with Crippen LogP contribution in [-0.4, -0.2) is 55.3 Å². The number of rotatable bonds is 16. The summed E-state index contributed by atoms with van der Waals surface area (Å²) in [6, 6.07) is 0. The molecule has 28 heavy (non-hydrogen) atoms. The Morgan fingerprint density at radius 3 is 2.04 bits per heavy atom. The summed E-state index contributed by atoms with van der Waals surface area (Å²) < 4.78 is 5.90. The summed E-state index contributed by atoms with van der Waals surface area (Å²) in [7, 11) is 5.84. The van der Waals surface area contributed by atoms with Gasteiger partial charge >= 0.3 is 11.9 Å². The van der Waals surface area contributed by atoms with E-state index in [1.165, 1.54) is 19.3 Å². The Bertz CT molecular complexity index is 515. The standard InChI is InChI=1S/C23H39NO4/c1-5-6-7-8-9-10-11-12-13-14-15-16-17-18-23(27)28-21(19-22(25)26)20-24(2,3)4/h6-7,12-13,15-16,21H,5,8-11,14,17-20H2,1-4H3/p+1/b7-6+,13-12+,16-15+. The van der Waals surface area contributed by atoms with E-state index < -0.39 is 12.1 Å². The zero-order chi connectivity index (χ0) is 21.3. The second kappa shape index (κ2) is 16.1. The Morgan fingerprint density at radius 1 is 0.929 bits per heavy atom. The first-order valence-corrected chi connectivity index (χ1v) is 10.4. The van der Waals surface area contributed by atoms with Gasteiger partial charge in [-0.05, 0) is 44.9 Å². The molecule has 0 spiro atoms. The minimum absolute atomic E-state index is 0.156. The normalized spacial score (nSPS) is 13.6. The largest absolute Gasteiger partial charge is 0.481 e. The monoisotopic (exact) mass is 394 g/mol. The molecule has 0 bridgehead atoms. The number of nitrogens with zero attached hydrogens (tertiary/aromatic N) is 1. The van der Waals surface area contributed by atoms with E-state index in [1.807, 2.05) is 27.2 Å². The first-order chi connectivity index (χ1) is 13.2. The van der Waals surface area contributed by atoms with E-state index in [-0.39, 0.29) is 18.8 Å². The molecule has 0 aliphatic rings. The van der Waals surface area contributed by atoms with Crippen LogP contribution in [0.2, 0.25) is 0 Å². The molecule has 0 rings (SSSR count). The third kappa shape index (κ3) is 18.9. The van der Waals surface area contributed by atoms with Crippen molar-refractivity contribution in [2.24, 2.45) is 0 Å². The fourth-order valence-corrected chi connectivity index (χ4v) is 2.71.